The van der Waals surface area contributed by atoms with Crippen LogP contribution in [0.3, 0.4) is 0 Å². The Morgan fingerprint density at radius 3 is 2.64 bits per heavy atom. The van der Waals surface area contributed by atoms with Crippen LogP contribution in [0.5, 0.6) is 0 Å². The molecule has 2 aliphatic rings. The Labute approximate surface area is 134 Å². The molecule has 1 N–H and O–H groups in total. The maximum absolute atomic E-state index is 8.83. The zero-order chi connectivity index (χ0) is 15.2. The third kappa shape index (κ3) is 4.02. The van der Waals surface area contributed by atoms with Gasteiger partial charge in [-0.1, -0.05) is 18.2 Å². The molecule has 3 heteroatoms. The third-order valence-corrected chi connectivity index (χ3v) is 5.30. The van der Waals surface area contributed by atoms with Gasteiger partial charge in [0.1, 0.15) is 0 Å². The van der Waals surface area contributed by atoms with Gasteiger partial charge in [-0.2, -0.15) is 0 Å². The molecule has 3 rings (SSSR count). The number of para-hydroxylation sites is 1. The lowest BCUT2D eigenvalue weighted by atomic mass is 9.96. The summed E-state index contributed by atoms with van der Waals surface area (Å²) in [5.74, 6) is 0.861. The minimum absolute atomic E-state index is 0.347. The molecule has 22 heavy (non-hydrogen) atoms. The van der Waals surface area contributed by atoms with E-state index in [1.807, 2.05) is 0 Å². The van der Waals surface area contributed by atoms with E-state index >= 15 is 0 Å². The van der Waals surface area contributed by atoms with Crippen molar-refractivity contribution in [2.24, 2.45) is 5.92 Å². The fraction of sp³-hybridized carbons (Fsp3) is 0.684. The van der Waals surface area contributed by atoms with Crippen molar-refractivity contribution < 1.29 is 5.11 Å². The maximum Gasteiger partial charge on any atom is 0.0431 e. The Bertz CT molecular complexity index is 455. The predicted molar refractivity (Wildman–Crippen MR) is 92.5 cm³/mol. The van der Waals surface area contributed by atoms with Gasteiger partial charge in [-0.25, -0.2) is 0 Å². The molecule has 0 spiro atoms. The molecule has 1 aromatic carbocycles. The van der Waals surface area contributed by atoms with Crippen molar-refractivity contribution >= 4 is 5.69 Å². The fourth-order valence-electron chi connectivity index (χ4n) is 3.92. The quantitative estimate of drug-likeness (QED) is 0.785. The number of piperidine rings is 1. The van der Waals surface area contributed by atoms with E-state index in [1.54, 1.807) is 0 Å². The Balaban J connectivity index is 1.40. The number of anilines is 1. The Morgan fingerprint density at radius 1 is 1.00 bits per heavy atom. The number of hydrogen-bond acceptors (Lipinski definition) is 3. The second-order valence-electron chi connectivity index (χ2n) is 6.89. The van der Waals surface area contributed by atoms with E-state index in [4.69, 9.17) is 5.11 Å². The van der Waals surface area contributed by atoms with Crippen LogP contribution in [0.1, 0.15) is 37.7 Å². The summed E-state index contributed by atoms with van der Waals surface area (Å²) >= 11 is 0. The number of hydrogen-bond donors (Lipinski definition) is 1. The van der Waals surface area contributed by atoms with E-state index in [1.165, 1.54) is 76.1 Å². The molecule has 2 aliphatic heterocycles. The fourth-order valence-corrected chi connectivity index (χ4v) is 3.92. The zero-order valence-electron chi connectivity index (χ0n) is 13.7. The standard InChI is InChI=1S/C19H30N2O/c22-15-5-1-4-11-20-12-8-17(9-13-20)16-21-14-10-18-6-2-3-7-19(18)21/h2-3,6-7,17,22H,1,4-5,8-16H2. The summed E-state index contributed by atoms with van der Waals surface area (Å²) in [5, 5.41) is 8.83. The Kier molecular flexibility index (Phi) is 5.74. The van der Waals surface area contributed by atoms with E-state index < -0.39 is 0 Å². The van der Waals surface area contributed by atoms with Crippen LogP contribution in [0.2, 0.25) is 0 Å². The van der Waals surface area contributed by atoms with Gasteiger partial charge in [0.15, 0.2) is 0 Å². The van der Waals surface area contributed by atoms with Crippen LogP contribution in [-0.4, -0.2) is 49.3 Å². The number of benzene rings is 1. The largest absolute Gasteiger partial charge is 0.396 e. The topological polar surface area (TPSA) is 26.7 Å². The minimum Gasteiger partial charge on any atom is -0.396 e. The maximum atomic E-state index is 8.83. The highest BCUT2D eigenvalue weighted by Crippen LogP contribution is 2.30. The highest BCUT2D eigenvalue weighted by Gasteiger charge is 2.24. The zero-order valence-corrected chi connectivity index (χ0v) is 13.7. The molecule has 0 bridgehead atoms. The average molecular weight is 302 g/mol. The number of fused-ring (bicyclic) bond motifs is 1. The second kappa shape index (κ2) is 7.98. The van der Waals surface area contributed by atoms with Gasteiger partial charge in [-0.05, 0) is 75.7 Å². The molecule has 0 unspecified atom stereocenters. The summed E-state index contributed by atoms with van der Waals surface area (Å²) in [7, 11) is 0. The first kappa shape index (κ1) is 15.8. The summed E-state index contributed by atoms with van der Waals surface area (Å²) in [4.78, 5) is 5.22. The van der Waals surface area contributed by atoms with Gasteiger partial charge in [0, 0.05) is 25.4 Å². The first-order valence-electron chi connectivity index (χ1n) is 9.03. The molecule has 1 fully saturated rings. The smallest absolute Gasteiger partial charge is 0.0431 e. The molecule has 3 nitrogen and oxygen atoms in total. The second-order valence-corrected chi connectivity index (χ2v) is 6.89. The van der Waals surface area contributed by atoms with Crippen molar-refractivity contribution in [1.82, 2.24) is 4.90 Å². The van der Waals surface area contributed by atoms with Crippen LogP contribution >= 0.6 is 0 Å². The summed E-state index contributed by atoms with van der Waals surface area (Å²) in [6.45, 7) is 6.55. The number of nitrogens with zero attached hydrogens (tertiary/aromatic N) is 2. The lowest BCUT2D eigenvalue weighted by molar-refractivity contribution is 0.181. The molecule has 0 aromatic heterocycles. The van der Waals surface area contributed by atoms with Gasteiger partial charge in [0.25, 0.3) is 0 Å². The van der Waals surface area contributed by atoms with Crippen molar-refractivity contribution in [3.05, 3.63) is 29.8 Å². The van der Waals surface area contributed by atoms with Crippen molar-refractivity contribution in [2.45, 2.75) is 38.5 Å². The molecule has 2 heterocycles. The number of likely N-dealkylation sites (tertiary alicyclic amines) is 1. The lowest BCUT2D eigenvalue weighted by Gasteiger charge is -2.34. The van der Waals surface area contributed by atoms with Gasteiger partial charge < -0.3 is 14.9 Å². The van der Waals surface area contributed by atoms with E-state index in [0.717, 1.165) is 12.3 Å². The molecule has 1 saturated heterocycles. The van der Waals surface area contributed by atoms with Crippen molar-refractivity contribution in [3.63, 3.8) is 0 Å². The van der Waals surface area contributed by atoms with E-state index in [0.29, 0.717) is 6.61 Å². The van der Waals surface area contributed by atoms with Crippen LogP contribution in [0, 0.1) is 5.92 Å². The summed E-state index contributed by atoms with van der Waals surface area (Å²) in [5.41, 5.74) is 3.01. The van der Waals surface area contributed by atoms with Crippen LogP contribution in [0.25, 0.3) is 0 Å². The monoisotopic (exact) mass is 302 g/mol. The first-order chi connectivity index (χ1) is 10.9. The molecule has 1 aromatic rings. The first-order valence-corrected chi connectivity index (χ1v) is 9.03. The molecule has 0 amide bonds. The SMILES string of the molecule is OCCCCCN1CCC(CN2CCc3ccccc32)CC1. The third-order valence-electron chi connectivity index (χ3n) is 5.30. The molecular formula is C19H30N2O. The molecule has 0 atom stereocenters. The summed E-state index contributed by atoms with van der Waals surface area (Å²) in [6, 6.07) is 8.91. The highest BCUT2D eigenvalue weighted by atomic mass is 16.2. The Morgan fingerprint density at radius 2 is 1.82 bits per heavy atom. The highest BCUT2D eigenvalue weighted by molar-refractivity contribution is 5.57. The molecule has 0 aliphatic carbocycles. The molecular weight excluding hydrogens is 272 g/mol. The van der Waals surface area contributed by atoms with Gasteiger partial charge in [-0.3, -0.25) is 0 Å². The minimum atomic E-state index is 0.347. The van der Waals surface area contributed by atoms with Crippen molar-refractivity contribution in [3.8, 4) is 0 Å². The van der Waals surface area contributed by atoms with Crippen LogP contribution in [-0.2, 0) is 6.42 Å². The number of aliphatic hydroxyl groups is 1. The lowest BCUT2D eigenvalue weighted by Crippen LogP contribution is -2.38. The van der Waals surface area contributed by atoms with E-state index in [2.05, 4.69) is 34.1 Å². The molecule has 122 valence electrons. The van der Waals surface area contributed by atoms with Gasteiger partial charge in [-0.15, -0.1) is 0 Å². The molecule has 0 saturated carbocycles. The van der Waals surface area contributed by atoms with Crippen LogP contribution < -0.4 is 4.90 Å². The Hall–Kier alpha value is -1.06. The van der Waals surface area contributed by atoms with E-state index in [-0.39, 0.29) is 0 Å². The predicted octanol–water partition coefficient (Wildman–Crippen LogP) is 2.92. The van der Waals surface area contributed by atoms with Crippen LogP contribution in [0.4, 0.5) is 5.69 Å². The van der Waals surface area contributed by atoms with Crippen molar-refractivity contribution in [2.75, 3.05) is 44.2 Å². The van der Waals surface area contributed by atoms with Crippen LogP contribution in [0.15, 0.2) is 24.3 Å². The van der Waals surface area contributed by atoms with Gasteiger partial charge >= 0.3 is 0 Å². The number of rotatable bonds is 7. The summed E-state index contributed by atoms with van der Waals surface area (Å²) in [6.07, 6.45) is 7.29. The number of aliphatic hydroxyl groups excluding tert-OH is 1. The average Bonchev–Trinajstić information content (AvgIpc) is 2.96. The summed E-state index contributed by atoms with van der Waals surface area (Å²) < 4.78 is 0. The van der Waals surface area contributed by atoms with Gasteiger partial charge in [0.2, 0.25) is 0 Å². The normalized spacial score (nSPS) is 19.6. The van der Waals surface area contributed by atoms with Crippen molar-refractivity contribution in [1.29, 1.82) is 0 Å². The molecule has 0 radical (unpaired) electrons. The number of unbranched alkanes of at least 4 members (excludes halogenated alkanes) is 2. The van der Waals surface area contributed by atoms with E-state index in [9.17, 15) is 0 Å². The van der Waals surface area contributed by atoms with Gasteiger partial charge in [0.05, 0.1) is 0 Å².